The van der Waals surface area contributed by atoms with Crippen molar-refractivity contribution in [2.45, 2.75) is 39.8 Å². The number of anilines is 1. The zero-order valence-corrected chi connectivity index (χ0v) is 12.6. The predicted molar refractivity (Wildman–Crippen MR) is 80.4 cm³/mol. The summed E-state index contributed by atoms with van der Waals surface area (Å²) < 4.78 is 5.23. The van der Waals surface area contributed by atoms with Crippen LogP contribution in [0.25, 0.3) is 0 Å². The van der Waals surface area contributed by atoms with Gasteiger partial charge in [-0.25, -0.2) is 4.98 Å². The SMILES string of the molecule is CCCNc1cccc(CN(CC)C(C)COC)n1. The van der Waals surface area contributed by atoms with E-state index >= 15 is 0 Å². The van der Waals surface area contributed by atoms with Gasteiger partial charge < -0.3 is 10.1 Å². The molecule has 0 aliphatic carbocycles. The zero-order valence-electron chi connectivity index (χ0n) is 12.6. The van der Waals surface area contributed by atoms with Gasteiger partial charge in [-0.05, 0) is 32.0 Å². The van der Waals surface area contributed by atoms with Gasteiger partial charge >= 0.3 is 0 Å². The van der Waals surface area contributed by atoms with Gasteiger partial charge in [-0.3, -0.25) is 4.90 Å². The topological polar surface area (TPSA) is 37.4 Å². The quantitative estimate of drug-likeness (QED) is 0.745. The molecule has 0 fully saturated rings. The first-order chi connectivity index (χ1) is 9.21. The van der Waals surface area contributed by atoms with E-state index < -0.39 is 0 Å². The fourth-order valence-corrected chi connectivity index (χ4v) is 2.05. The molecule has 0 saturated heterocycles. The Bertz CT molecular complexity index is 357. The van der Waals surface area contributed by atoms with Gasteiger partial charge in [-0.15, -0.1) is 0 Å². The molecule has 4 nitrogen and oxygen atoms in total. The van der Waals surface area contributed by atoms with E-state index in [1.807, 2.05) is 6.07 Å². The molecule has 0 bridgehead atoms. The number of pyridine rings is 1. The Labute approximate surface area is 117 Å². The monoisotopic (exact) mass is 265 g/mol. The molecule has 1 N–H and O–H groups in total. The molecule has 0 saturated carbocycles. The lowest BCUT2D eigenvalue weighted by atomic mass is 10.2. The van der Waals surface area contributed by atoms with Crippen LogP contribution in [0.4, 0.5) is 5.82 Å². The molecule has 0 spiro atoms. The third kappa shape index (κ3) is 5.57. The molecule has 1 rings (SSSR count). The summed E-state index contributed by atoms with van der Waals surface area (Å²) in [5, 5.41) is 3.33. The lowest BCUT2D eigenvalue weighted by molar-refractivity contribution is 0.0974. The van der Waals surface area contributed by atoms with Gasteiger partial charge in [-0.1, -0.05) is 19.9 Å². The van der Waals surface area contributed by atoms with Crippen LogP contribution < -0.4 is 5.32 Å². The normalized spacial score (nSPS) is 12.7. The highest BCUT2D eigenvalue weighted by Gasteiger charge is 2.12. The van der Waals surface area contributed by atoms with E-state index in [0.29, 0.717) is 6.04 Å². The van der Waals surface area contributed by atoms with Gasteiger partial charge in [0.1, 0.15) is 5.82 Å². The van der Waals surface area contributed by atoms with Crippen molar-refractivity contribution in [2.75, 3.05) is 32.1 Å². The van der Waals surface area contributed by atoms with Crippen LogP contribution in [0.5, 0.6) is 0 Å². The number of ether oxygens (including phenoxy) is 1. The summed E-state index contributed by atoms with van der Waals surface area (Å²) in [6.45, 7) is 10.1. The van der Waals surface area contributed by atoms with Crippen molar-refractivity contribution in [3.05, 3.63) is 23.9 Å². The van der Waals surface area contributed by atoms with E-state index in [9.17, 15) is 0 Å². The summed E-state index contributed by atoms with van der Waals surface area (Å²) in [6.07, 6.45) is 1.11. The van der Waals surface area contributed by atoms with Crippen LogP contribution in [0, 0.1) is 0 Å². The maximum Gasteiger partial charge on any atom is 0.126 e. The Kier molecular flexibility index (Phi) is 7.45. The Hall–Kier alpha value is -1.13. The second kappa shape index (κ2) is 8.88. The number of nitrogens with zero attached hydrogens (tertiary/aromatic N) is 2. The van der Waals surface area contributed by atoms with Gasteiger partial charge in [0.25, 0.3) is 0 Å². The predicted octanol–water partition coefficient (Wildman–Crippen LogP) is 2.76. The molecule has 1 atom stereocenters. The molecule has 4 heteroatoms. The molecule has 0 radical (unpaired) electrons. The summed E-state index contributed by atoms with van der Waals surface area (Å²) in [7, 11) is 1.75. The van der Waals surface area contributed by atoms with Crippen LogP contribution in [0.15, 0.2) is 18.2 Å². The van der Waals surface area contributed by atoms with E-state index in [1.165, 1.54) is 0 Å². The molecule has 1 unspecified atom stereocenters. The van der Waals surface area contributed by atoms with Crippen LogP contribution in [0.1, 0.15) is 32.9 Å². The first kappa shape index (κ1) is 15.9. The summed E-state index contributed by atoms with van der Waals surface area (Å²) >= 11 is 0. The highest BCUT2D eigenvalue weighted by Crippen LogP contribution is 2.10. The fourth-order valence-electron chi connectivity index (χ4n) is 2.05. The van der Waals surface area contributed by atoms with Gasteiger partial charge in [0, 0.05) is 26.2 Å². The van der Waals surface area contributed by atoms with Crippen molar-refractivity contribution in [1.29, 1.82) is 0 Å². The molecular formula is C15H27N3O. The lowest BCUT2D eigenvalue weighted by Gasteiger charge is -2.27. The van der Waals surface area contributed by atoms with Crippen molar-refractivity contribution in [3.63, 3.8) is 0 Å². The number of rotatable bonds is 9. The van der Waals surface area contributed by atoms with Crippen LogP contribution in [-0.4, -0.2) is 42.7 Å². The van der Waals surface area contributed by atoms with E-state index in [4.69, 9.17) is 4.74 Å². The molecule has 19 heavy (non-hydrogen) atoms. The molecule has 1 aromatic rings. The fraction of sp³-hybridized carbons (Fsp3) is 0.667. The number of hydrogen-bond donors (Lipinski definition) is 1. The third-order valence-electron chi connectivity index (χ3n) is 3.17. The molecular weight excluding hydrogens is 238 g/mol. The lowest BCUT2D eigenvalue weighted by Crippen LogP contribution is -2.35. The Morgan fingerprint density at radius 1 is 1.37 bits per heavy atom. The molecule has 0 amide bonds. The number of aromatic nitrogens is 1. The number of nitrogens with one attached hydrogen (secondary N) is 1. The summed E-state index contributed by atoms with van der Waals surface area (Å²) in [4.78, 5) is 7.02. The second-order valence-electron chi connectivity index (χ2n) is 4.81. The summed E-state index contributed by atoms with van der Waals surface area (Å²) in [5.74, 6) is 0.967. The van der Waals surface area contributed by atoms with Crippen molar-refractivity contribution in [3.8, 4) is 0 Å². The van der Waals surface area contributed by atoms with Crippen molar-refractivity contribution >= 4 is 5.82 Å². The van der Waals surface area contributed by atoms with Crippen molar-refractivity contribution < 1.29 is 4.74 Å². The maximum atomic E-state index is 5.23. The van der Waals surface area contributed by atoms with Crippen LogP contribution in [0.3, 0.4) is 0 Å². The molecule has 1 heterocycles. The zero-order chi connectivity index (χ0) is 14.1. The second-order valence-corrected chi connectivity index (χ2v) is 4.81. The smallest absolute Gasteiger partial charge is 0.126 e. The number of likely N-dealkylation sites (N-methyl/N-ethyl adjacent to an activating group) is 1. The average Bonchev–Trinajstić information content (AvgIpc) is 2.43. The Balaban J connectivity index is 2.63. The highest BCUT2D eigenvalue weighted by molar-refractivity contribution is 5.35. The first-order valence-corrected chi connectivity index (χ1v) is 7.14. The summed E-state index contributed by atoms with van der Waals surface area (Å²) in [6, 6.07) is 6.58. The third-order valence-corrected chi connectivity index (χ3v) is 3.17. The molecule has 0 aliphatic rings. The highest BCUT2D eigenvalue weighted by atomic mass is 16.5. The van der Waals surface area contributed by atoms with Crippen molar-refractivity contribution in [1.82, 2.24) is 9.88 Å². The van der Waals surface area contributed by atoms with E-state index in [2.05, 4.69) is 48.1 Å². The molecule has 0 aliphatic heterocycles. The van der Waals surface area contributed by atoms with E-state index in [1.54, 1.807) is 7.11 Å². The van der Waals surface area contributed by atoms with Crippen LogP contribution in [-0.2, 0) is 11.3 Å². The molecule has 108 valence electrons. The van der Waals surface area contributed by atoms with Crippen LogP contribution >= 0.6 is 0 Å². The standard InChI is InChI=1S/C15H27N3O/c1-5-10-16-15-9-7-8-14(17-15)11-18(6-2)13(3)12-19-4/h7-9,13H,5-6,10-12H2,1-4H3,(H,16,17). The van der Waals surface area contributed by atoms with E-state index in [-0.39, 0.29) is 0 Å². The van der Waals surface area contributed by atoms with Gasteiger partial charge in [0.15, 0.2) is 0 Å². The van der Waals surface area contributed by atoms with E-state index in [0.717, 1.165) is 44.2 Å². The average molecular weight is 265 g/mol. The minimum absolute atomic E-state index is 0.407. The Morgan fingerprint density at radius 3 is 2.79 bits per heavy atom. The van der Waals surface area contributed by atoms with Gasteiger partial charge in [0.05, 0.1) is 12.3 Å². The maximum absolute atomic E-state index is 5.23. The van der Waals surface area contributed by atoms with Crippen molar-refractivity contribution in [2.24, 2.45) is 0 Å². The Morgan fingerprint density at radius 2 is 2.16 bits per heavy atom. The van der Waals surface area contributed by atoms with Crippen LogP contribution in [0.2, 0.25) is 0 Å². The largest absolute Gasteiger partial charge is 0.383 e. The minimum Gasteiger partial charge on any atom is -0.383 e. The summed E-state index contributed by atoms with van der Waals surface area (Å²) in [5.41, 5.74) is 1.10. The van der Waals surface area contributed by atoms with Gasteiger partial charge in [-0.2, -0.15) is 0 Å². The molecule has 0 aromatic carbocycles. The van der Waals surface area contributed by atoms with Gasteiger partial charge in [0.2, 0.25) is 0 Å². The molecule has 1 aromatic heterocycles. The number of methoxy groups -OCH3 is 1. The number of hydrogen-bond acceptors (Lipinski definition) is 4. The minimum atomic E-state index is 0.407. The first-order valence-electron chi connectivity index (χ1n) is 7.14.